The van der Waals surface area contributed by atoms with Crippen molar-refractivity contribution < 1.29 is 19.1 Å². The summed E-state index contributed by atoms with van der Waals surface area (Å²) in [4.78, 5) is 29.6. The number of nitrogens with zero attached hydrogens (tertiary/aromatic N) is 2. The van der Waals surface area contributed by atoms with Crippen LogP contribution in [-0.2, 0) is 0 Å². The van der Waals surface area contributed by atoms with Crippen molar-refractivity contribution >= 4 is 11.7 Å². The molecule has 1 saturated heterocycles. The average molecular weight is 394 g/mol. The average Bonchev–Trinajstić information content (AvgIpc) is 3.15. The van der Waals surface area contributed by atoms with Crippen LogP contribution < -0.4 is 9.47 Å². The molecule has 6 heteroatoms. The van der Waals surface area contributed by atoms with Gasteiger partial charge in [0.15, 0.2) is 17.3 Å². The van der Waals surface area contributed by atoms with Crippen LogP contribution in [0.2, 0.25) is 0 Å². The summed E-state index contributed by atoms with van der Waals surface area (Å²) in [5.41, 5.74) is 4.67. The van der Waals surface area contributed by atoms with Crippen LogP contribution in [0.25, 0.3) is 0 Å². The number of ketones is 1. The van der Waals surface area contributed by atoms with Gasteiger partial charge in [-0.15, -0.1) is 0 Å². The molecule has 2 aromatic carbocycles. The van der Waals surface area contributed by atoms with Crippen LogP contribution >= 0.6 is 0 Å². The first-order valence-electron chi connectivity index (χ1n) is 9.94. The van der Waals surface area contributed by atoms with Gasteiger partial charge in [-0.3, -0.25) is 14.5 Å². The maximum Gasteiger partial charge on any atom is 0.254 e. The Bertz CT molecular complexity index is 938. The van der Waals surface area contributed by atoms with E-state index in [0.717, 1.165) is 16.7 Å². The zero-order valence-corrected chi connectivity index (χ0v) is 17.2. The van der Waals surface area contributed by atoms with Gasteiger partial charge in [0.1, 0.15) is 0 Å². The lowest BCUT2D eigenvalue weighted by molar-refractivity contribution is 0.0624. The molecule has 0 bridgehead atoms. The Kier molecular flexibility index (Phi) is 5.28. The van der Waals surface area contributed by atoms with Crippen molar-refractivity contribution in [3.05, 3.63) is 58.1 Å². The van der Waals surface area contributed by atoms with Crippen molar-refractivity contribution in [3.63, 3.8) is 0 Å². The van der Waals surface area contributed by atoms with Crippen molar-refractivity contribution in [2.24, 2.45) is 0 Å². The van der Waals surface area contributed by atoms with Gasteiger partial charge in [0.05, 0.1) is 6.54 Å². The second kappa shape index (κ2) is 7.87. The number of carbonyl (C=O) groups is 2. The molecule has 0 saturated carbocycles. The topological polar surface area (TPSA) is 59.1 Å². The number of amides is 1. The first-order valence-corrected chi connectivity index (χ1v) is 9.94. The molecule has 0 radical (unpaired) electrons. The second-order valence-electron chi connectivity index (χ2n) is 7.83. The number of aryl methyl sites for hydroxylation is 3. The fraction of sp³-hybridized carbons (Fsp3) is 0.391. The molecule has 1 fully saturated rings. The van der Waals surface area contributed by atoms with Crippen molar-refractivity contribution in [3.8, 4) is 11.5 Å². The first-order chi connectivity index (χ1) is 13.9. The van der Waals surface area contributed by atoms with E-state index in [-0.39, 0.29) is 18.5 Å². The van der Waals surface area contributed by atoms with Gasteiger partial charge in [-0.1, -0.05) is 17.7 Å². The number of hydrogen-bond donors (Lipinski definition) is 0. The maximum atomic E-state index is 12.9. The molecule has 4 rings (SSSR count). The fourth-order valence-corrected chi connectivity index (χ4v) is 4.22. The number of carbonyl (C=O) groups excluding carboxylic acids is 2. The van der Waals surface area contributed by atoms with Crippen LogP contribution in [-0.4, -0.2) is 61.0 Å². The molecule has 2 heterocycles. The van der Waals surface area contributed by atoms with E-state index in [0.29, 0.717) is 49.8 Å². The normalized spacial score (nSPS) is 16.2. The molecule has 1 amide bonds. The van der Waals surface area contributed by atoms with E-state index >= 15 is 0 Å². The quantitative estimate of drug-likeness (QED) is 0.746. The Balaban J connectivity index is 1.36. The zero-order chi connectivity index (χ0) is 20.5. The van der Waals surface area contributed by atoms with Gasteiger partial charge in [0, 0.05) is 37.3 Å². The molecule has 2 aromatic rings. The van der Waals surface area contributed by atoms with E-state index in [2.05, 4.69) is 17.0 Å². The smallest absolute Gasteiger partial charge is 0.254 e. The lowest BCUT2D eigenvalue weighted by Crippen LogP contribution is -2.50. The highest BCUT2D eigenvalue weighted by Crippen LogP contribution is 2.32. The number of benzene rings is 2. The summed E-state index contributed by atoms with van der Waals surface area (Å²) >= 11 is 0. The third-order valence-corrected chi connectivity index (χ3v) is 5.60. The highest BCUT2D eigenvalue weighted by atomic mass is 16.7. The standard InChI is InChI=1S/C23H26N2O4/c1-15-10-16(2)22(17(3)11-15)19(26)13-24-6-8-25(9-7-24)23(27)18-4-5-20-21(12-18)29-14-28-20/h4-5,10-12H,6-9,13-14H2,1-3H3. The summed E-state index contributed by atoms with van der Waals surface area (Å²) in [6, 6.07) is 9.40. The molecule has 0 spiro atoms. The molecule has 2 aliphatic heterocycles. The zero-order valence-electron chi connectivity index (χ0n) is 17.2. The minimum atomic E-state index is -0.0144. The second-order valence-corrected chi connectivity index (χ2v) is 7.83. The Morgan fingerprint density at radius 2 is 1.55 bits per heavy atom. The molecular formula is C23H26N2O4. The van der Waals surface area contributed by atoms with E-state index < -0.39 is 0 Å². The minimum Gasteiger partial charge on any atom is -0.454 e. The lowest BCUT2D eigenvalue weighted by Gasteiger charge is -2.34. The van der Waals surface area contributed by atoms with Crippen LogP contribution in [0.15, 0.2) is 30.3 Å². The summed E-state index contributed by atoms with van der Waals surface area (Å²) in [6.45, 7) is 9.20. The summed E-state index contributed by atoms with van der Waals surface area (Å²) in [5, 5.41) is 0. The van der Waals surface area contributed by atoms with E-state index in [4.69, 9.17) is 9.47 Å². The molecule has 0 aromatic heterocycles. The Labute approximate surface area is 171 Å². The van der Waals surface area contributed by atoms with Gasteiger partial charge in [0.25, 0.3) is 5.91 Å². The molecular weight excluding hydrogens is 368 g/mol. The van der Waals surface area contributed by atoms with Crippen molar-refractivity contribution in [1.29, 1.82) is 0 Å². The van der Waals surface area contributed by atoms with E-state index in [1.807, 2.05) is 25.7 Å². The third kappa shape index (κ3) is 3.98. The monoisotopic (exact) mass is 394 g/mol. The largest absolute Gasteiger partial charge is 0.454 e. The number of Topliss-reactive ketones (excluding diaryl/α,β-unsaturated/α-hetero) is 1. The minimum absolute atomic E-state index is 0.0144. The molecule has 0 atom stereocenters. The molecule has 29 heavy (non-hydrogen) atoms. The Hall–Kier alpha value is -2.86. The molecule has 0 N–H and O–H groups in total. The van der Waals surface area contributed by atoms with Gasteiger partial charge in [0.2, 0.25) is 6.79 Å². The molecule has 6 nitrogen and oxygen atoms in total. The number of fused-ring (bicyclic) bond motifs is 1. The van der Waals surface area contributed by atoms with Gasteiger partial charge < -0.3 is 14.4 Å². The third-order valence-electron chi connectivity index (χ3n) is 5.60. The van der Waals surface area contributed by atoms with E-state index in [9.17, 15) is 9.59 Å². The summed E-state index contributed by atoms with van der Waals surface area (Å²) in [7, 11) is 0. The summed E-state index contributed by atoms with van der Waals surface area (Å²) in [6.07, 6.45) is 0. The van der Waals surface area contributed by atoms with Gasteiger partial charge in [-0.2, -0.15) is 0 Å². The number of piperazine rings is 1. The molecule has 152 valence electrons. The number of hydrogen-bond acceptors (Lipinski definition) is 5. The predicted molar refractivity (Wildman–Crippen MR) is 110 cm³/mol. The highest BCUT2D eigenvalue weighted by Gasteiger charge is 2.25. The number of ether oxygens (including phenoxy) is 2. The van der Waals surface area contributed by atoms with Crippen LogP contribution in [0.1, 0.15) is 37.4 Å². The predicted octanol–water partition coefficient (Wildman–Crippen LogP) is 2.98. The van der Waals surface area contributed by atoms with E-state index in [1.165, 1.54) is 5.56 Å². The Morgan fingerprint density at radius 3 is 2.24 bits per heavy atom. The SMILES string of the molecule is Cc1cc(C)c(C(=O)CN2CCN(C(=O)c3ccc4c(c3)OCO4)CC2)c(C)c1. The first kappa shape index (κ1) is 19.5. The molecule has 0 unspecified atom stereocenters. The van der Waals surface area contributed by atoms with Crippen LogP contribution in [0.5, 0.6) is 11.5 Å². The van der Waals surface area contributed by atoms with Gasteiger partial charge in [-0.05, 0) is 50.1 Å². The summed E-state index contributed by atoms with van der Waals surface area (Å²) in [5.74, 6) is 1.42. The van der Waals surface area contributed by atoms with Crippen LogP contribution in [0, 0.1) is 20.8 Å². The van der Waals surface area contributed by atoms with Crippen LogP contribution in [0.3, 0.4) is 0 Å². The van der Waals surface area contributed by atoms with Crippen LogP contribution in [0.4, 0.5) is 0 Å². The highest BCUT2D eigenvalue weighted by molar-refractivity contribution is 6.00. The van der Waals surface area contributed by atoms with Crippen molar-refractivity contribution in [2.75, 3.05) is 39.5 Å². The van der Waals surface area contributed by atoms with Crippen molar-refractivity contribution in [2.45, 2.75) is 20.8 Å². The molecule has 0 aliphatic carbocycles. The maximum absolute atomic E-state index is 12.9. The summed E-state index contributed by atoms with van der Waals surface area (Å²) < 4.78 is 10.7. The van der Waals surface area contributed by atoms with Gasteiger partial charge in [-0.25, -0.2) is 0 Å². The molecule has 2 aliphatic rings. The fourth-order valence-electron chi connectivity index (χ4n) is 4.22. The number of rotatable bonds is 4. The Morgan fingerprint density at radius 1 is 0.897 bits per heavy atom. The van der Waals surface area contributed by atoms with Gasteiger partial charge >= 0.3 is 0 Å². The van der Waals surface area contributed by atoms with Crippen molar-refractivity contribution in [1.82, 2.24) is 9.80 Å². The van der Waals surface area contributed by atoms with E-state index in [1.54, 1.807) is 18.2 Å². The lowest BCUT2D eigenvalue weighted by atomic mass is 9.96.